The molecule has 0 radical (unpaired) electrons. The minimum absolute atomic E-state index is 0.892. The van der Waals surface area contributed by atoms with E-state index in [2.05, 4.69) is 30.1 Å². The van der Waals surface area contributed by atoms with Crippen molar-refractivity contribution in [1.29, 1.82) is 0 Å². The number of aryl methyl sites for hydroxylation is 1. The first-order valence-electron chi connectivity index (χ1n) is 6.68. The van der Waals surface area contributed by atoms with Gasteiger partial charge in [-0.1, -0.05) is 13.3 Å². The third kappa shape index (κ3) is 3.11. The van der Waals surface area contributed by atoms with Crippen LogP contribution in [0, 0.1) is 12.8 Å². The standard InChI is InChI=1S/C14H24N2O/c1-4-12-5-6-16(9-12)10-14-7-13(8-15-3)11(2)17-14/h7,12,15H,4-6,8-10H2,1-3H3. The largest absolute Gasteiger partial charge is 0.465 e. The van der Waals surface area contributed by atoms with E-state index >= 15 is 0 Å². The smallest absolute Gasteiger partial charge is 0.118 e. The number of hydrogen-bond donors (Lipinski definition) is 1. The summed E-state index contributed by atoms with van der Waals surface area (Å²) in [6.07, 6.45) is 2.65. The average Bonchev–Trinajstić information content (AvgIpc) is 2.88. The first-order chi connectivity index (χ1) is 8.22. The second-order valence-electron chi connectivity index (χ2n) is 5.12. The SMILES string of the molecule is CCC1CCN(Cc2cc(CNC)c(C)o2)C1. The van der Waals surface area contributed by atoms with Crippen LogP contribution in [0.5, 0.6) is 0 Å². The minimum Gasteiger partial charge on any atom is -0.465 e. The van der Waals surface area contributed by atoms with E-state index in [0.29, 0.717) is 0 Å². The predicted octanol–water partition coefficient (Wildman–Crippen LogP) is 2.54. The van der Waals surface area contributed by atoms with Gasteiger partial charge in [0.1, 0.15) is 11.5 Å². The van der Waals surface area contributed by atoms with Crippen LogP contribution >= 0.6 is 0 Å². The number of nitrogens with zero attached hydrogens (tertiary/aromatic N) is 1. The Bertz CT molecular complexity index is 359. The quantitative estimate of drug-likeness (QED) is 0.851. The molecule has 1 unspecified atom stereocenters. The van der Waals surface area contributed by atoms with Crippen LogP contribution in [0.4, 0.5) is 0 Å². The molecule has 0 spiro atoms. The molecule has 2 heterocycles. The lowest BCUT2D eigenvalue weighted by molar-refractivity contribution is 0.283. The summed E-state index contributed by atoms with van der Waals surface area (Å²) in [5, 5.41) is 3.17. The first-order valence-corrected chi connectivity index (χ1v) is 6.68. The lowest BCUT2D eigenvalue weighted by Crippen LogP contribution is -2.19. The van der Waals surface area contributed by atoms with Gasteiger partial charge in [-0.25, -0.2) is 0 Å². The van der Waals surface area contributed by atoms with E-state index in [-0.39, 0.29) is 0 Å². The fourth-order valence-corrected chi connectivity index (χ4v) is 2.64. The maximum absolute atomic E-state index is 5.82. The number of hydrogen-bond acceptors (Lipinski definition) is 3. The van der Waals surface area contributed by atoms with Crippen LogP contribution in [-0.4, -0.2) is 25.0 Å². The van der Waals surface area contributed by atoms with Gasteiger partial charge in [0, 0.05) is 18.7 Å². The van der Waals surface area contributed by atoms with E-state index in [9.17, 15) is 0 Å². The number of likely N-dealkylation sites (tertiary alicyclic amines) is 1. The van der Waals surface area contributed by atoms with Gasteiger partial charge in [0.2, 0.25) is 0 Å². The summed E-state index contributed by atoms with van der Waals surface area (Å²) in [5.74, 6) is 3.06. The third-order valence-electron chi connectivity index (χ3n) is 3.77. The highest BCUT2D eigenvalue weighted by molar-refractivity contribution is 5.20. The Kier molecular flexibility index (Phi) is 4.24. The van der Waals surface area contributed by atoms with Crippen LogP contribution in [0.3, 0.4) is 0 Å². The maximum Gasteiger partial charge on any atom is 0.118 e. The van der Waals surface area contributed by atoms with Crippen molar-refractivity contribution >= 4 is 0 Å². The van der Waals surface area contributed by atoms with Crippen LogP contribution < -0.4 is 5.32 Å². The second kappa shape index (κ2) is 5.69. The molecule has 1 aromatic heterocycles. The van der Waals surface area contributed by atoms with Gasteiger partial charge in [0.25, 0.3) is 0 Å². The third-order valence-corrected chi connectivity index (χ3v) is 3.77. The molecule has 1 fully saturated rings. The van der Waals surface area contributed by atoms with Crippen molar-refractivity contribution in [3.05, 3.63) is 23.2 Å². The van der Waals surface area contributed by atoms with E-state index < -0.39 is 0 Å². The molecule has 17 heavy (non-hydrogen) atoms. The molecule has 1 saturated heterocycles. The topological polar surface area (TPSA) is 28.4 Å². The highest BCUT2D eigenvalue weighted by atomic mass is 16.3. The van der Waals surface area contributed by atoms with Crippen molar-refractivity contribution in [1.82, 2.24) is 10.2 Å². The van der Waals surface area contributed by atoms with Gasteiger partial charge >= 0.3 is 0 Å². The molecule has 0 bridgehead atoms. The summed E-state index contributed by atoms with van der Waals surface area (Å²) in [6, 6.07) is 2.20. The molecule has 1 aliphatic heterocycles. The minimum atomic E-state index is 0.892. The highest BCUT2D eigenvalue weighted by Crippen LogP contribution is 2.22. The summed E-state index contributed by atoms with van der Waals surface area (Å²) >= 11 is 0. The van der Waals surface area contributed by atoms with Gasteiger partial charge in [-0.3, -0.25) is 4.90 Å². The van der Waals surface area contributed by atoms with Crippen molar-refractivity contribution in [3.8, 4) is 0 Å². The molecule has 1 atom stereocenters. The Morgan fingerprint density at radius 1 is 1.53 bits per heavy atom. The normalized spacial score (nSPS) is 21.2. The molecule has 0 aromatic carbocycles. The van der Waals surface area contributed by atoms with Gasteiger partial charge in [0.05, 0.1) is 6.54 Å². The van der Waals surface area contributed by atoms with E-state index in [4.69, 9.17) is 4.42 Å². The van der Waals surface area contributed by atoms with Gasteiger partial charge in [-0.2, -0.15) is 0 Å². The van der Waals surface area contributed by atoms with Crippen molar-refractivity contribution in [3.63, 3.8) is 0 Å². The van der Waals surface area contributed by atoms with E-state index in [1.807, 2.05) is 7.05 Å². The highest BCUT2D eigenvalue weighted by Gasteiger charge is 2.22. The molecule has 0 saturated carbocycles. The average molecular weight is 236 g/mol. The molecule has 1 aromatic rings. The van der Waals surface area contributed by atoms with Crippen molar-refractivity contribution in [2.24, 2.45) is 5.92 Å². The van der Waals surface area contributed by atoms with Crippen molar-refractivity contribution < 1.29 is 4.42 Å². The molecular weight excluding hydrogens is 212 g/mol. The molecule has 1 aliphatic rings. The molecule has 2 rings (SSSR count). The summed E-state index contributed by atoms with van der Waals surface area (Å²) in [5.41, 5.74) is 1.29. The van der Waals surface area contributed by atoms with Crippen molar-refractivity contribution in [2.45, 2.75) is 39.8 Å². The van der Waals surface area contributed by atoms with Crippen LogP contribution in [0.15, 0.2) is 10.5 Å². The van der Waals surface area contributed by atoms with Crippen LogP contribution in [0.25, 0.3) is 0 Å². The van der Waals surface area contributed by atoms with Gasteiger partial charge < -0.3 is 9.73 Å². The lowest BCUT2D eigenvalue weighted by Gasteiger charge is -2.13. The van der Waals surface area contributed by atoms with Gasteiger partial charge in [0.15, 0.2) is 0 Å². The molecule has 0 aliphatic carbocycles. The number of nitrogens with one attached hydrogen (secondary N) is 1. The Morgan fingerprint density at radius 3 is 3.00 bits per heavy atom. The zero-order valence-corrected chi connectivity index (χ0v) is 11.3. The van der Waals surface area contributed by atoms with E-state index in [1.54, 1.807) is 0 Å². The molecule has 3 heteroatoms. The second-order valence-corrected chi connectivity index (χ2v) is 5.12. The summed E-state index contributed by atoms with van der Waals surface area (Å²) in [6.45, 7) is 8.66. The Hall–Kier alpha value is -0.800. The zero-order valence-electron chi connectivity index (χ0n) is 11.3. The lowest BCUT2D eigenvalue weighted by atomic mass is 10.1. The molecule has 96 valence electrons. The van der Waals surface area contributed by atoms with Crippen LogP contribution in [0.2, 0.25) is 0 Å². The maximum atomic E-state index is 5.82. The zero-order chi connectivity index (χ0) is 12.3. The fraction of sp³-hybridized carbons (Fsp3) is 0.714. The van der Waals surface area contributed by atoms with Crippen LogP contribution in [-0.2, 0) is 13.1 Å². The summed E-state index contributed by atoms with van der Waals surface area (Å²) < 4.78 is 5.82. The molecular formula is C14H24N2O. The van der Waals surface area contributed by atoms with Crippen LogP contribution in [0.1, 0.15) is 36.8 Å². The molecule has 1 N–H and O–H groups in total. The fourth-order valence-electron chi connectivity index (χ4n) is 2.64. The van der Waals surface area contributed by atoms with E-state index in [1.165, 1.54) is 31.5 Å². The summed E-state index contributed by atoms with van der Waals surface area (Å²) in [7, 11) is 1.97. The van der Waals surface area contributed by atoms with Gasteiger partial charge in [-0.15, -0.1) is 0 Å². The Labute approximate surface area is 104 Å². The monoisotopic (exact) mass is 236 g/mol. The Balaban J connectivity index is 1.93. The summed E-state index contributed by atoms with van der Waals surface area (Å²) in [4.78, 5) is 2.51. The number of rotatable bonds is 5. The number of furan rings is 1. The Morgan fingerprint density at radius 2 is 2.35 bits per heavy atom. The predicted molar refractivity (Wildman–Crippen MR) is 69.9 cm³/mol. The van der Waals surface area contributed by atoms with E-state index in [0.717, 1.165) is 30.5 Å². The molecule has 3 nitrogen and oxygen atoms in total. The molecule has 0 amide bonds. The van der Waals surface area contributed by atoms with Gasteiger partial charge in [-0.05, 0) is 38.9 Å². The van der Waals surface area contributed by atoms with Crippen molar-refractivity contribution in [2.75, 3.05) is 20.1 Å². The first kappa shape index (κ1) is 12.7.